The number of benzene rings is 11. The fourth-order valence-corrected chi connectivity index (χ4v) is 19.8. The summed E-state index contributed by atoms with van der Waals surface area (Å²) in [5.41, 5.74) is 0. The van der Waals surface area contributed by atoms with Crippen molar-refractivity contribution < 1.29 is 93.8 Å². The zero-order valence-electron chi connectivity index (χ0n) is 49.5. The first-order chi connectivity index (χ1) is 45.6. The van der Waals surface area contributed by atoms with E-state index in [1.807, 2.05) is 0 Å². The number of halogens is 14. The molecule has 0 heterocycles. The van der Waals surface area contributed by atoms with Crippen LogP contribution in [0.5, 0.6) is 34.5 Å². The van der Waals surface area contributed by atoms with Crippen molar-refractivity contribution in [3.63, 3.8) is 0 Å². The van der Waals surface area contributed by atoms with Gasteiger partial charge >= 0.3 is 63.2 Å². The SMILES string of the molecule is ClCCl.[Mo+4].[Mo+4].[Mo+4].[O-]c1c([O-])c(Cl)c(Cl)c(Cl)c1Cl.[O-]c1c([O-])c(Cl)c(Cl)c(Cl)c1Cl.[O-]c1c([O-])c(Cl)c(Cl)c(Cl)c1Cl.[S-2].[S-][S-].[S-][S-].[S-][S-].c1ccc([P+](c2ccccc2)(c2ccccc2)c2ccccc2)cc1.c1ccc([P+](c2ccccc2)(c2ccccc2)c2ccccc2)cc1. The van der Waals surface area contributed by atoms with Gasteiger partial charge in [0.15, 0.2) is 0 Å². The first kappa shape index (κ1) is 101. The summed E-state index contributed by atoms with van der Waals surface area (Å²) in [4.78, 5) is 0. The van der Waals surface area contributed by atoms with Gasteiger partial charge < -0.3 is 114 Å². The molecule has 0 saturated carbocycles. The molecule has 0 unspecified atom stereocenters. The van der Waals surface area contributed by atoms with E-state index in [9.17, 15) is 30.6 Å². The number of hydrogen-bond donors (Lipinski definition) is 0. The van der Waals surface area contributed by atoms with Crippen LogP contribution in [0.4, 0.5) is 0 Å². The minimum atomic E-state index is -1.91. The predicted molar refractivity (Wildman–Crippen MR) is 427 cm³/mol. The van der Waals surface area contributed by atoms with E-state index in [0.29, 0.717) is 0 Å². The summed E-state index contributed by atoms with van der Waals surface area (Å²) in [6.45, 7) is 0. The Balaban J connectivity index is 0. The summed E-state index contributed by atoms with van der Waals surface area (Å²) < 4.78 is 0. The standard InChI is InChI=1S/2C24H20P.3C6H2Cl4O2.CH2Cl2.3Mo.3S2.S/c2*1-5-13-21(14-6-1)25(22-15-7-2-8-16-22,23-17-9-3-10-18-23)24-19-11-4-12-20-24;3*7-1-2(8)4(10)6(12)5(11)3(1)9;2-1-3;;;;3*1-2;/h2*1-20H;3*11-12H;1H2;;;;;;;/q2*+1;;;;;3*+4;4*-2/p-6. The summed E-state index contributed by atoms with van der Waals surface area (Å²) in [7, 11) is -3.81. The third-order valence-corrected chi connectivity index (χ3v) is 26.6. The van der Waals surface area contributed by atoms with Crippen LogP contribution in [0.2, 0.25) is 60.3 Å². The molecule has 0 aliphatic rings. The number of hydrogen-bond acceptors (Lipinski definition) is 12. The summed E-state index contributed by atoms with van der Waals surface area (Å²) in [5.74, 6) is -5.61. The summed E-state index contributed by atoms with van der Waals surface area (Å²) in [6.07, 6.45) is 0. The van der Waals surface area contributed by atoms with Crippen molar-refractivity contribution >= 4 is 303 Å². The average Bonchev–Trinajstić information content (AvgIpc) is 0.749. The average molecular weight is 2010 g/mol. The van der Waals surface area contributed by atoms with Crippen LogP contribution in [0, 0.1) is 0 Å². The smallest absolute Gasteiger partial charge is 2.00 e. The van der Waals surface area contributed by atoms with Gasteiger partial charge in [-0.3, -0.25) is 0 Å². The molecule has 6 nitrogen and oxygen atoms in total. The Labute approximate surface area is 729 Å². The maximum atomic E-state index is 10.9. The fourth-order valence-electron chi connectivity index (χ4n) is 8.78. The first-order valence-electron chi connectivity index (χ1n) is 26.1. The maximum Gasteiger partial charge on any atom is 4.00 e. The van der Waals surface area contributed by atoms with Crippen molar-refractivity contribution in [3.8, 4) is 34.5 Å². The summed E-state index contributed by atoms with van der Waals surface area (Å²) >= 11 is 96.6. The van der Waals surface area contributed by atoms with Crippen molar-refractivity contribution in [3.05, 3.63) is 303 Å². The predicted octanol–water partition coefficient (Wildman–Crippen LogP) is 17.4. The van der Waals surface area contributed by atoms with Gasteiger partial charge in [0.2, 0.25) is 0 Å². The van der Waals surface area contributed by atoms with E-state index in [0.717, 1.165) is 0 Å². The van der Waals surface area contributed by atoms with Crippen LogP contribution >= 0.6 is 177 Å². The van der Waals surface area contributed by atoms with Crippen molar-refractivity contribution in [2.75, 3.05) is 5.34 Å². The van der Waals surface area contributed by atoms with E-state index in [4.69, 9.17) is 162 Å². The number of alkyl halides is 2. The Morgan fingerprint density at radius 2 is 0.283 bits per heavy atom. The van der Waals surface area contributed by atoms with E-state index in [-0.39, 0.29) is 112 Å². The van der Waals surface area contributed by atoms with Gasteiger partial charge in [-0.15, -0.1) is 23.2 Å². The molecule has 32 heteroatoms. The zero-order chi connectivity index (χ0) is 71.0. The van der Waals surface area contributed by atoms with Gasteiger partial charge in [0.05, 0.1) is 65.6 Å². The Bertz CT molecular complexity index is 3140. The monoisotopic (exact) mass is 2010 g/mol. The third-order valence-electron chi connectivity index (χ3n) is 12.7. The minimum absolute atomic E-state index is 0. The molecular weight excluding hydrogens is 1970 g/mol. The minimum Gasteiger partial charge on any atom is -2.00 e. The Morgan fingerprint density at radius 1 is 0.202 bits per heavy atom. The van der Waals surface area contributed by atoms with Crippen molar-refractivity contribution in [1.82, 2.24) is 0 Å². The quantitative estimate of drug-likeness (QED) is 0.0272. The van der Waals surface area contributed by atoms with Crippen LogP contribution in [0.1, 0.15) is 0 Å². The second-order valence-electron chi connectivity index (χ2n) is 17.9. The van der Waals surface area contributed by atoms with Crippen LogP contribution in [0.15, 0.2) is 243 Å². The molecule has 11 aromatic rings. The Kier molecular flexibility index (Phi) is 54.4. The van der Waals surface area contributed by atoms with Gasteiger partial charge in [0.1, 0.15) is 57.0 Å². The molecule has 99 heavy (non-hydrogen) atoms. The van der Waals surface area contributed by atoms with E-state index < -0.39 is 79.2 Å². The van der Waals surface area contributed by atoms with Gasteiger partial charge in [-0.05, 0) is 97.1 Å². The second-order valence-corrected chi connectivity index (χ2v) is 30.0. The molecule has 0 radical (unpaired) electrons. The van der Waals surface area contributed by atoms with Crippen molar-refractivity contribution in [2.45, 2.75) is 0 Å². The maximum absolute atomic E-state index is 10.9. The van der Waals surface area contributed by atoms with E-state index in [2.05, 4.69) is 313 Å². The van der Waals surface area contributed by atoms with E-state index >= 15 is 0 Å². The van der Waals surface area contributed by atoms with Crippen LogP contribution in [-0.2, 0) is 147 Å². The molecule has 0 aromatic heterocycles. The zero-order valence-corrected chi connectivity index (χ0v) is 73.6. The molecule has 0 aliphatic carbocycles. The van der Waals surface area contributed by atoms with Gasteiger partial charge in [0, 0.05) is 0 Å². The largest absolute Gasteiger partial charge is 4.00 e. The van der Waals surface area contributed by atoms with Crippen LogP contribution < -0.4 is 73.1 Å². The number of rotatable bonds is 8. The van der Waals surface area contributed by atoms with Crippen LogP contribution in [0.25, 0.3) is 0 Å². The molecule has 0 atom stereocenters. The van der Waals surface area contributed by atoms with Crippen LogP contribution in [-0.4, -0.2) is 5.34 Å². The molecular formula is C67H42Cl14Mo3O6P2S7. The third kappa shape index (κ3) is 26.5. The molecule has 11 aromatic carbocycles. The summed E-state index contributed by atoms with van der Waals surface area (Å²) in [5, 5.41) is 73.2. The molecule has 0 bridgehead atoms. The molecule has 0 N–H and O–H groups in total. The van der Waals surface area contributed by atoms with Crippen molar-refractivity contribution in [2.24, 2.45) is 0 Å². The van der Waals surface area contributed by atoms with Gasteiger partial charge in [-0.2, -0.15) is 0 Å². The Hall–Kier alpha value is -0.345. The van der Waals surface area contributed by atoms with E-state index in [1.165, 1.54) is 42.4 Å². The Morgan fingerprint density at radius 3 is 0.364 bits per heavy atom. The molecule has 0 saturated heterocycles. The van der Waals surface area contributed by atoms with Crippen molar-refractivity contribution in [1.29, 1.82) is 0 Å². The topological polar surface area (TPSA) is 138 Å². The van der Waals surface area contributed by atoms with E-state index in [1.54, 1.807) is 0 Å². The fraction of sp³-hybridized carbons (Fsp3) is 0.0149. The molecule has 0 amide bonds. The van der Waals surface area contributed by atoms with Gasteiger partial charge in [0.25, 0.3) is 0 Å². The molecule has 0 aliphatic heterocycles. The molecule has 11 rings (SSSR count). The normalized spacial score (nSPS) is 9.78. The molecule has 0 fully saturated rings. The van der Waals surface area contributed by atoms with Crippen LogP contribution in [0.3, 0.4) is 0 Å². The molecule has 0 spiro atoms. The molecule has 514 valence electrons. The first-order valence-corrected chi connectivity index (χ1v) is 39.3. The van der Waals surface area contributed by atoms with Gasteiger partial charge in [-0.1, -0.05) is 319 Å². The second kappa shape index (κ2) is 53.4. The van der Waals surface area contributed by atoms with Gasteiger partial charge in [-0.25, -0.2) is 0 Å². The summed E-state index contributed by atoms with van der Waals surface area (Å²) in [6, 6.07) is 87.7.